The van der Waals surface area contributed by atoms with E-state index in [-0.39, 0.29) is 12.5 Å². The molecule has 2 aromatic heterocycles. The Morgan fingerprint density at radius 2 is 2.20 bits per heavy atom. The maximum Gasteiger partial charge on any atom is 0.307 e. The van der Waals surface area contributed by atoms with Gasteiger partial charge in [0.25, 0.3) is 5.95 Å². The lowest BCUT2D eigenvalue weighted by atomic mass is 10.4. The minimum atomic E-state index is -4.75. The SMILES string of the molecule is O=C1CC(S(=O)(=O)F)CN1c1nc2cc(Br)ccn2n1. The number of amides is 1. The van der Waals surface area contributed by atoms with Crippen LogP contribution in [0, 0.1) is 0 Å². The van der Waals surface area contributed by atoms with E-state index in [0.29, 0.717) is 5.65 Å². The van der Waals surface area contributed by atoms with Crippen molar-refractivity contribution in [2.45, 2.75) is 11.7 Å². The van der Waals surface area contributed by atoms with E-state index in [1.54, 1.807) is 18.3 Å². The molecular formula is C10H8BrFN4O3S. The number of halogens is 2. The van der Waals surface area contributed by atoms with Crippen LogP contribution in [0.5, 0.6) is 0 Å². The molecule has 1 aliphatic rings. The quantitative estimate of drug-likeness (QED) is 0.741. The first-order chi connectivity index (χ1) is 9.34. The van der Waals surface area contributed by atoms with Gasteiger partial charge in [0.2, 0.25) is 5.91 Å². The molecule has 0 spiro atoms. The topological polar surface area (TPSA) is 84.6 Å². The molecular weight excluding hydrogens is 355 g/mol. The summed E-state index contributed by atoms with van der Waals surface area (Å²) < 4.78 is 36.9. The van der Waals surface area contributed by atoms with Gasteiger partial charge in [-0.1, -0.05) is 15.9 Å². The predicted molar refractivity (Wildman–Crippen MR) is 71.5 cm³/mol. The standard InChI is InChI=1S/C10H8BrFN4O3S/c11-6-1-2-16-8(3-6)13-10(14-16)15-5-7(4-9(15)17)20(12,18)19/h1-3,7H,4-5H2. The van der Waals surface area contributed by atoms with Gasteiger partial charge in [-0.3, -0.25) is 9.69 Å². The van der Waals surface area contributed by atoms with E-state index < -0.39 is 27.8 Å². The number of carbonyl (C=O) groups is 1. The second-order valence-electron chi connectivity index (χ2n) is 4.37. The molecule has 3 rings (SSSR count). The van der Waals surface area contributed by atoms with Crippen LogP contribution < -0.4 is 4.90 Å². The molecule has 0 aromatic carbocycles. The van der Waals surface area contributed by atoms with Crippen LogP contribution in [0.15, 0.2) is 22.8 Å². The van der Waals surface area contributed by atoms with Gasteiger partial charge in [-0.25, -0.2) is 4.52 Å². The molecule has 1 atom stereocenters. The summed E-state index contributed by atoms with van der Waals surface area (Å²) in [4.78, 5) is 17.0. The fourth-order valence-electron chi connectivity index (χ4n) is 2.02. The maximum atomic E-state index is 13.0. The van der Waals surface area contributed by atoms with Gasteiger partial charge in [0.1, 0.15) is 5.25 Å². The van der Waals surface area contributed by atoms with Crippen LogP contribution in [0.25, 0.3) is 5.65 Å². The number of rotatable bonds is 2. The van der Waals surface area contributed by atoms with E-state index in [4.69, 9.17) is 0 Å². The molecule has 1 saturated heterocycles. The molecule has 0 N–H and O–H groups in total. The molecule has 1 unspecified atom stereocenters. The number of aromatic nitrogens is 3. The van der Waals surface area contributed by atoms with E-state index in [1.165, 1.54) is 4.52 Å². The molecule has 1 amide bonds. The Labute approximate surface area is 121 Å². The Morgan fingerprint density at radius 1 is 1.45 bits per heavy atom. The first-order valence-corrected chi connectivity index (χ1v) is 7.84. The Hall–Kier alpha value is -1.55. The number of nitrogens with zero attached hydrogens (tertiary/aromatic N) is 4. The van der Waals surface area contributed by atoms with Gasteiger partial charge < -0.3 is 0 Å². The molecule has 3 heterocycles. The lowest BCUT2D eigenvalue weighted by Crippen LogP contribution is -2.27. The average molecular weight is 363 g/mol. The summed E-state index contributed by atoms with van der Waals surface area (Å²) in [6.45, 7) is -0.268. The molecule has 10 heteroatoms. The van der Waals surface area contributed by atoms with E-state index in [0.717, 1.165) is 9.37 Å². The second-order valence-corrected chi connectivity index (χ2v) is 6.90. The molecule has 1 fully saturated rings. The monoisotopic (exact) mass is 362 g/mol. The molecule has 106 valence electrons. The van der Waals surface area contributed by atoms with Crippen LogP contribution in [0.1, 0.15) is 6.42 Å². The fraction of sp³-hybridized carbons (Fsp3) is 0.300. The second kappa shape index (κ2) is 4.48. The molecule has 20 heavy (non-hydrogen) atoms. The lowest BCUT2D eigenvalue weighted by Gasteiger charge is -2.09. The number of hydrogen-bond donors (Lipinski definition) is 0. The maximum absolute atomic E-state index is 13.0. The zero-order valence-corrected chi connectivity index (χ0v) is 12.3. The summed E-state index contributed by atoms with van der Waals surface area (Å²) in [6, 6.07) is 3.44. The zero-order valence-electron chi connectivity index (χ0n) is 9.90. The third-order valence-electron chi connectivity index (χ3n) is 3.02. The van der Waals surface area contributed by atoms with Crippen molar-refractivity contribution in [1.82, 2.24) is 14.6 Å². The Kier molecular flexibility index (Phi) is 3.01. The number of carbonyl (C=O) groups excluding carboxylic acids is 1. The molecule has 0 bridgehead atoms. The van der Waals surface area contributed by atoms with E-state index in [1.807, 2.05) is 0 Å². The minimum absolute atomic E-state index is 0.0688. The van der Waals surface area contributed by atoms with Gasteiger partial charge in [0.15, 0.2) is 5.65 Å². The predicted octanol–water partition coefficient (Wildman–Crippen LogP) is 0.896. The highest BCUT2D eigenvalue weighted by molar-refractivity contribution is 9.10. The minimum Gasteiger partial charge on any atom is -0.278 e. The number of pyridine rings is 1. The normalized spacial score (nSPS) is 20.0. The van der Waals surface area contributed by atoms with Gasteiger partial charge in [0, 0.05) is 23.6 Å². The Morgan fingerprint density at radius 3 is 2.85 bits per heavy atom. The van der Waals surface area contributed by atoms with E-state index >= 15 is 0 Å². The van der Waals surface area contributed by atoms with Crippen LogP contribution in [-0.4, -0.2) is 40.7 Å². The first-order valence-electron chi connectivity index (χ1n) is 5.60. The highest BCUT2D eigenvalue weighted by Crippen LogP contribution is 2.24. The third kappa shape index (κ3) is 2.29. The Balaban J connectivity index is 1.97. The van der Waals surface area contributed by atoms with Crippen molar-refractivity contribution >= 4 is 43.7 Å². The van der Waals surface area contributed by atoms with E-state index in [2.05, 4.69) is 26.0 Å². The van der Waals surface area contributed by atoms with Crippen molar-refractivity contribution in [3.63, 3.8) is 0 Å². The molecule has 1 aliphatic heterocycles. The van der Waals surface area contributed by atoms with Crippen molar-refractivity contribution < 1.29 is 17.1 Å². The van der Waals surface area contributed by atoms with Crippen LogP contribution in [-0.2, 0) is 15.0 Å². The molecule has 0 saturated carbocycles. The van der Waals surface area contributed by atoms with Gasteiger partial charge in [-0.2, -0.15) is 13.4 Å². The van der Waals surface area contributed by atoms with Gasteiger partial charge >= 0.3 is 10.2 Å². The van der Waals surface area contributed by atoms with Gasteiger partial charge in [-0.05, 0) is 12.1 Å². The lowest BCUT2D eigenvalue weighted by molar-refractivity contribution is -0.117. The molecule has 0 aliphatic carbocycles. The number of hydrogen-bond acceptors (Lipinski definition) is 5. The van der Waals surface area contributed by atoms with Crippen molar-refractivity contribution in [1.29, 1.82) is 0 Å². The first kappa shape index (κ1) is 13.4. The van der Waals surface area contributed by atoms with Crippen LogP contribution in [0.4, 0.5) is 9.83 Å². The van der Waals surface area contributed by atoms with Crippen molar-refractivity contribution in [3.8, 4) is 0 Å². The summed E-state index contributed by atoms with van der Waals surface area (Å²) >= 11 is 3.28. The summed E-state index contributed by atoms with van der Waals surface area (Å²) in [5.74, 6) is -0.439. The van der Waals surface area contributed by atoms with Crippen molar-refractivity contribution in [3.05, 3.63) is 22.8 Å². The fourth-order valence-corrected chi connectivity index (χ4v) is 3.01. The third-order valence-corrected chi connectivity index (χ3v) is 4.62. The average Bonchev–Trinajstić information content (AvgIpc) is 2.90. The molecule has 7 nitrogen and oxygen atoms in total. The highest BCUT2D eigenvalue weighted by atomic mass is 79.9. The van der Waals surface area contributed by atoms with Crippen molar-refractivity contribution in [2.75, 3.05) is 11.4 Å². The van der Waals surface area contributed by atoms with Crippen molar-refractivity contribution in [2.24, 2.45) is 0 Å². The number of anilines is 1. The summed E-state index contributed by atoms with van der Waals surface area (Å²) in [7, 11) is -4.75. The largest absolute Gasteiger partial charge is 0.307 e. The molecule has 2 aromatic rings. The summed E-state index contributed by atoms with van der Waals surface area (Å²) in [5, 5.41) is 2.72. The van der Waals surface area contributed by atoms with Crippen LogP contribution in [0.2, 0.25) is 0 Å². The number of fused-ring (bicyclic) bond motifs is 1. The van der Waals surface area contributed by atoms with Gasteiger partial charge in [-0.15, -0.1) is 8.98 Å². The van der Waals surface area contributed by atoms with E-state index in [9.17, 15) is 17.1 Å². The van der Waals surface area contributed by atoms with Crippen LogP contribution >= 0.6 is 15.9 Å². The molecule has 0 radical (unpaired) electrons. The highest BCUT2D eigenvalue weighted by Gasteiger charge is 2.40. The van der Waals surface area contributed by atoms with Crippen LogP contribution in [0.3, 0.4) is 0 Å². The Bertz CT molecular complexity index is 806. The summed E-state index contributed by atoms with van der Waals surface area (Å²) in [6.07, 6.45) is 1.25. The smallest absolute Gasteiger partial charge is 0.278 e. The summed E-state index contributed by atoms with van der Waals surface area (Å²) in [5.41, 5.74) is 0.494. The van der Waals surface area contributed by atoms with Gasteiger partial charge in [0.05, 0.1) is 0 Å². The zero-order chi connectivity index (χ0) is 14.5.